The van der Waals surface area contributed by atoms with Crippen molar-refractivity contribution in [2.45, 2.75) is 45.8 Å². The number of hydrogen-bond acceptors (Lipinski definition) is 4. The lowest BCUT2D eigenvalue weighted by Crippen LogP contribution is -2.18. The van der Waals surface area contributed by atoms with Crippen LogP contribution in [0.1, 0.15) is 49.9 Å². The maximum absolute atomic E-state index is 11.7. The number of aromatic hydroxyl groups is 1. The molecule has 1 aromatic carbocycles. The van der Waals surface area contributed by atoms with E-state index in [1.807, 2.05) is 0 Å². The number of carbonyl (C=O) groups excluding carboxylic acids is 1. The fraction of sp³-hybridized carbons (Fsp3) is 0.533. The number of phenolic OH excluding ortho intramolecular Hbond substituents is 1. The second-order valence-corrected chi connectivity index (χ2v) is 4.45. The summed E-state index contributed by atoms with van der Waals surface area (Å²) in [5.74, 6) is -0.321. The Hall–Kier alpha value is -1.55. The van der Waals surface area contributed by atoms with Crippen molar-refractivity contribution in [2.75, 3.05) is 6.61 Å². The first-order valence-electron chi connectivity index (χ1n) is 6.75. The normalized spacial score (nSPS) is 12.1. The summed E-state index contributed by atoms with van der Waals surface area (Å²) >= 11 is 0. The van der Waals surface area contributed by atoms with E-state index in [1.165, 1.54) is 37.1 Å². The number of hydrogen-bond donors (Lipinski definition) is 1. The second kappa shape index (κ2) is 8.53. The molecule has 1 rings (SSSR count). The third-order valence-corrected chi connectivity index (χ3v) is 2.73. The Morgan fingerprint density at radius 1 is 1.21 bits per heavy atom. The molecule has 106 valence electrons. The SMILES string of the molecule is CCCCCCOC(C)OC(=O)c1ccc(O)cc1. The molecule has 0 fully saturated rings. The summed E-state index contributed by atoms with van der Waals surface area (Å²) < 4.78 is 10.6. The van der Waals surface area contributed by atoms with Crippen LogP contribution in [0.25, 0.3) is 0 Å². The fourth-order valence-corrected chi connectivity index (χ4v) is 1.63. The molecule has 0 spiro atoms. The number of phenols is 1. The van der Waals surface area contributed by atoms with Gasteiger partial charge in [-0.1, -0.05) is 26.2 Å². The van der Waals surface area contributed by atoms with Crippen LogP contribution in [0.15, 0.2) is 24.3 Å². The minimum absolute atomic E-state index is 0.122. The minimum atomic E-state index is -0.553. The molecule has 0 aliphatic heterocycles. The van der Waals surface area contributed by atoms with E-state index in [0.29, 0.717) is 12.2 Å². The van der Waals surface area contributed by atoms with Crippen LogP contribution in [0.4, 0.5) is 0 Å². The summed E-state index contributed by atoms with van der Waals surface area (Å²) in [5, 5.41) is 9.13. The number of carbonyl (C=O) groups is 1. The predicted octanol–water partition coefficient (Wildman–Crippen LogP) is 3.49. The van der Waals surface area contributed by atoms with Crippen molar-refractivity contribution in [1.82, 2.24) is 0 Å². The average molecular weight is 266 g/mol. The van der Waals surface area contributed by atoms with Crippen molar-refractivity contribution < 1.29 is 19.4 Å². The van der Waals surface area contributed by atoms with Crippen molar-refractivity contribution in [1.29, 1.82) is 0 Å². The Morgan fingerprint density at radius 2 is 1.89 bits per heavy atom. The first-order valence-corrected chi connectivity index (χ1v) is 6.75. The van der Waals surface area contributed by atoms with E-state index < -0.39 is 12.3 Å². The molecule has 0 radical (unpaired) electrons. The third kappa shape index (κ3) is 6.25. The zero-order valence-corrected chi connectivity index (χ0v) is 11.6. The number of unbranched alkanes of at least 4 members (excludes halogenated alkanes) is 3. The van der Waals surface area contributed by atoms with Gasteiger partial charge in [-0.15, -0.1) is 0 Å². The highest BCUT2D eigenvalue weighted by molar-refractivity contribution is 5.89. The van der Waals surface area contributed by atoms with Crippen LogP contribution in [0, 0.1) is 0 Å². The topological polar surface area (TPSA) is 55.8 Å². The van der Waals surface area contributed by atoms with E-state index in [-0.39, 0.29) is 5.75 Å². The lowest BCUT2D eigenvalue weighted by molar-refractivity contribution is -0.0987. The van der Waals surface area contributed by atoms with E-state index in [9.17, 15) is 4.79 Å². The van der Waals surface area contributed by atoms with Gasteiger partial charge in [0, 0.05) is 0 Å². The van der Waals surface area contributed by atoms with Gasteiger partial charge in [-0.2, -0.15) is 0 Å². The maximum atomic E-state index is 11.7. The molecule has 0 saturated carbocycles. The fourth-order valence-electron chi connectivity index (χ4n) is 1.63. The molecule has 0 aromatic heterocycles. The molecular formula is C15H22O4. The quantitative estimate of drug-likeness (QED) is 0.444. The molecule has 0 aliphatic rings. The molecule has 4 heteroatoms. The summed E-state index contributed by atoms with van der Waals surface area (Å²) in [7, 11) is 0. The van der Waals surface area contributed by atoms with Gasteiger partial charge in [-0.05, 0) is 37.6 Å². The van der Waals surface area contributed by atoms with Gasteiger partial charge in [0.05, 0.1) is 12.2 Å². The lowest BCUT2D eigenvalue weighted by Gasteiger charge is -2.14. The Labute approximate surface area is 114 Å². The van der Waals surface area contributed by atoms with E-state index in [4.69, 9.17) is 14.6 Å². The maximum Gasteiger partial charge on any atom is 0.340 e. The summed E-state index contributed by atoms with van der Waals surface area (Å²) in [6.45, 7) is 4.46. The highest BCUT2D eigenvalue weighted by atomic mass is 16.7. The Balaban J connectivity index is 2.26. The number of rotatable bonds is 8. The van der Waals surface area contributed by atoms with Gasteiger partial charge in [-0.3, -0.25) is 0 Å². The molecule has 1 N–H and O–H groups in total. The highest BCUT2D eigenvalue weighted by Crippen LogP contribution is 2.11. The van der Waals surface area contributed by atoms with Gasteiger partial charge < -0.3 is 14.6 Å². The van der Waals surface area contributed by atoms with E-state index >= 15 is 0 Å². The highest BCUT2D eigenvalue weighted by Gasteiger charge is 2.11. The summed E-state index contributed by atoms with van der Waals surface area (Å²) in [6, 6.07) is 5.94. The second-order valence-electron chi connectivity index (χ2n) is 4.45. The molecule has 0 aliphatic carbocycles. The Bertz CT molecular complexity index is 372. The van der Waals surface area contributed by atoms with Gasteiger partial charge in [0.25, 0.3) is 0 Å². The summed E-state index contributed by atoms with van der Waals surface area (Å²) in [5.41, 5.74) is 0.402. The Kier molecular flexibility index (Phi) is 6.97. The minimum Gasteiger partial charge on any atom is -0.508 e. The average Bonchev–Trinajstić information content (AvgIpc) is 2.39. The molecule has 0 amide bonds. The Morgan fingerprint density at radius 3 is 2.53 bits per heavy atom. The summed E-state index contributed by atoms with van der Waals surface area (Å²) in [4.78, 5) is 11.7. The van der Waals surface area contributed by atoms with Gasteiger partial charge in [0.2, 0.25) is 0 Å². The third-order valence-electron chi connectivity index (χ3n) is 2.73. The van der Waals surface area contributed by atoms with E-state index in [2.05, 4.69) is 6.92 Å². The van der Waals surface area contributed by atoms with Crippen molar-refractivity contribution in [3.63, 3.8) is 0 Å². The molecule has 0 saturated heterocycles. The van der Waals surface area contributed by atoms with Crippen molar-refractivity contribution >= 4 is 5.97 Å². The number of esters is 1. The number of benzene rings is 1. The molecule has 0 heterocycles. The predicted molar refractivity (Wildman–Crippen MR) is 73.1 cm³/mol. The number of ether oxygens (including phenoxy) is 2. The van der Waals surface area contributed by atoms with E-state index in [0.717, 1.165) is 12.8 Å². The molecule has 4 nitrogen and oxygen atoms in total. The van der Waals surface area contributed by atoms with Crippen LogP contribution >= 0.6 is 0 Å². The first kappa shape index (κ1) is 15.5. The van der Waals surface area contributed by atoms with Crippen LogP contribution in [0.5, 0.6) is 5.75 Å². The lowest BCUT2D eigenvalue weighted by atomic mass is 10.2. The standard InChI is InChI=1S/C15H22O4/c1-3-4-5-6-11-18-12(2)19-15(17)13-7-9-14(16)10-8-13/h7-10,12,16H,3-6,11H2,1-2H3. The van der Waals surface area contributed by atoms with Crippen molar-refractivity contribution in [3.8, 4) is 5.75 Å². The molecule has 1 unspecified atom stereocenters. The van der Waals surface area contributed by atoms with Crippen LogP contribution < -0.4 is 0 Å². The van der Waals surface area contributed by atoms with Crippen LogP contribution in [0.3, 0.4) is 0 Å². The molecule has 0 bridgehead atoms. The largest absolute Gasteiger partial charge is 0.508 e. The monoisotopic (exact) mass is 266 g/mol. The zero-order valence-electron chi connectivity index (χ0n) is 11.6. The van der Waals surface area contributed by atoms with Crippen molar-refractivity contribution in [3.05, 3.63) is 29.8 Å². The van der Waals surface area contributed by atoms with Gasteiger partial charge in [0.1, 0.15) is 5.75 Å². The van der Waals surface area contributed by atoms with Crippen LogP contribution in [-0.2, 0) is 9.47 Å². The van der Waals surface area contributed by atoms with Gasteiger partial charge in [-0.25, -0.2) is 4.79 Å². The van der Waals surface area contributed by atoms with Gasteiger partial charge in [0.15, 0.2) is 6.29 Å². The molecule has 1 atom stereocenters. The molecular weight excluding hydrogens is 244 g/mol. The smallest absolute Gasteiger partial charge is 0.340 e. The van der Waals surface area contributed by atoms with Crippen LogP contribution in [-0.4, -0.2) is 24.0 Å². The van der Waals surface area contributed by atoms with Crippen molar-refractivity contribution in [2.24, 2.45) is 0 Å². The van der Waals surface area contributed by atoms with Crippen LogP contribution in [0.2, 0.25) is 0 Å². The zero-order chi connectivity index (χ0) is 14.1. The van der Waals surface area contributed by atoms with E-state index in [1.54, 1.807) is 6.92 Å². The molecule has 1 aromatic rings. The first-order chi connectivity index (χ1) is 9.13. The van der Waals surface area contributed by atoms with Gasteiger partial charge >= 0.3 is 5.97 Å². The molecule has 19 heavy (non-hydrogen) atoms. The summed E-state index contributed by atoms with van der Waals surface area (Å²) in [6.07, 6.45) is 3.95.